The minimum Gasteiger partial charge on any atom is -0.325 e. The monoisotopic (exact) mass is 336 g/mol. The van der Waals surface area contributed by atoms with Gasteiger partial charge in [-0.3, -0.25) is 9.89 Å². The molecule has 4 rings (SSSR count). The minimum absolute atomic E-state index is 0.0102. The van der Waals surface area contributed by atoms with Crippen LogP contribution in [-0.4, -0.2) is 26.3 Å². The Balaban J connectivity index is 1.50. The summed E-state index contributed by atoms with van der Waals surface area (Å²) >= 11 is 1.41. The zero-order valence-electron chi connectivity index (χ0n) is 12.9. The molecule has 0 fully saturated rings. The highest BCUT2D eigenvalue weighted by Gasteiger charge is 2.25. The lowest BCUT2D eigenvalue weighted by Gasteiger charge is -2.10. The molecule has 2 N–H and O–H groups in total. The van der Waals surface area contributed by atoms with Crippen molar-refractivity contribution in [2.45, 2.75) is 23.2 Å². The van der Waals surface area contributed by atoms with E-state index < -0.39 is 0 Å². The largest absolute Gasteiger partial charge is 0.325 e. The summed E-state index contributed by atoms with van der Waals surface area (Å²) in [4.78, 5) is 17.0. The molecule has 5 nitrogen and oxygen atoms in total. The lowest BCUT2D eigenvalue weighted by atomic mass is 10.1. The summed E-state index contributed by atoms with van der Waals surface area (Å²) in [6.07, 6.45) is 1.63. The summed E-state index contributed by atoms with van der Waals surface area (Å²) in [5.74, 6) is 0.728. The van der Waals surface area contributed by atoms with Crippen LogP contribution in [0.5, 0.6) is 0 Å². The Hall–Kier alpha value is -2.60. The van der Waals surface area contributed by atoms with Crippen LogP contribution >= 0.6 is 11.8 Å². The molecule has 2 aromatic carbocycles. The van der Waals surface area contributed by atoms with Crippen molar-refractivity contribution in [3.63, 3.8) is 0 Å². The average Bonchev–Trinajstić information content (AvgIpc) is 3.02. The fraction of sp³-hybridized carbons (Fsp3) is 0.167. The van der Waals surface area contributed by atoms with Gasteiger partial charge < -0.3 is 5.32 Å². The maximum Gasteiger partial charge on any atom is 0.237 e. The van der Waals surface area contributed by atoms with Crippen molar-refractivity contribution in [2.24, 2.45) is 0 Å². The van der Waals surface area contributed by atoms with E-state index in [2.05, 4.69) is 26.6 Å². The third-order valence-corrected chi connectivity index (χ3v) is 5.13. The Labute approximate surface area is 143 Å². The van der Waals surface area contributed by atoms with Crippen molar-refractivity contribution < 1.29 is 4.79 Å². The molecule has 0 saturated heterocycles. The molecule has 1 amide bonds. The van der Waals surface area contributed by atoms with Crippen molar-refractivity contribution >= 4 is 23.4 Å². The van der Waals surface area contributed by atoms with Crippen molar-refractivity contribution in [1.29, 1.82) is 0 Å². The Morgan fingerprint density at radius 3 is 2.71 bits per heavy atom. The molecule has 120 valence electrons. The molecular formula is C18H16N4OS. The van der Waals surface area contributed by atoms with Gasteiger partial charge in [0.2, 0.25) is 11.1 Å². The number of benzene rings is 2. The van der Waals surface area contributed by atoms with Gasteiger partial charge in [-0.2, -0.15) is 0 Å². The van der Waals surface area contributed by atoms with Gasteiger partial charge in [-0.05, 0) is 24.5 Å². The Bertz CT molecular complexity index is 862. The first-order valence-electron chi connectivity index (χ1n) is 7.83. The smallest absolute Gasteiger partial charge is 0.237 e. The molecule has 1 aliphatic heterocycles. The van der Waals surface area contributed by atoms with Crippen LogP contribution in [0, 0.1) is 0 Å². The van der Waals surface area contributed by atoms with E-state index in [0.29, 0.717) is 5.16 Å². The lowest BCUT2D eigenvalue weighted by Crippen LogP contribution is -2.23. The number of thioether (sulfide) groups is 1. The van der Waals surface area contributed by atoms with Crippen LogP contribution in [-0.2, 0) is 11.2 Å². The first-order chi connectivity index (χ1) is 11.8. The van der Waals surface area contributed by atoms with Gasteiger partial charge in [0, 0.05) is 11.3 Å². The molecule has 1 atom stereocenters. The highest BCUT2D eigenvalue weighted by molar-refractivity contribution is 8.00. The van der Waals surface area contributed by atoms with Crippen molar-refractivity contribution in [3.8, 4) is 11.4 Å². The number of carbonyl (C=O) groups is 1. The van der Waals surface area contributed by atoms with Gasteiger partial charge >= 0.3 is 0 Å². The molecule has 6 heteroatoms. The van der Waals surface area contributed by atoms with Gasteiger partial charge in [0.05, 0.1) is 5.25 Å². The van der Waals surface area contributed by atoms with E-state index in [1.807, 2.05) is 48.5 Å². The fourth-order valence-corrected chi connectivity index (χ4v) is 3.65. The number of aromatic nitrogens is 3. The van der Waals surface area contributed by atoms with E-state index in [-0.39, 0.29) is 11.2 Å². The van der Waals surface area contributed by atoms with Crippen LogP contribution in [0.3, 0.4) is 0 Å². The summed E-state index contributed by atoms with van der Waals surface area (Å²) in [5.41, 5.74) is 3.06. The highest BCUT2D eigenvalue weighted by Crippen LogP contribution is 2.30. The van der Waals surface area contributed by atoms with Crippen LogP contribution in [0.2, 0.25) is 0 Å². The normalized spacial score (nSPS) is 17.0. The number of hydrogen-bond acceptors (Lipinski definition) is 4. The molecule has 3 aromatic rings. The standard InChI is InChI=1S/C18H16N4OS/c23-17-15(11-10-12-6-4-5-9-14(12)19-17)24-18-20-16(21-22-18)13-7-2-1-3-8-13/h1-9,15H,10-11H2,(H,19,23)(H,20,21,22)/t15-/m0/s1. The number of nitrogens with one attached hydrogen (secondary N) is 2. The molecule has 0 aliphatic carbocycles. The predicted molar refractivity (Wildman–Crippen MR) is 94.9 cm³/mol. The zero-order valence-corrected chi connectivity index (χ0v) is 13.7. The maximum absolute atomic E-state index is 12.5. The van der Waals surface area contributed by atoms with Gasteiger partial charge in [0.15, 0.2) is 5.82 Å². The number of para-hydroxylation sites is 1. The zero-order chi connectivity index (χ0) is 16.4. The van der Waals surface area contributed by atoms with Gasteiger partial charge in [-0.1, -0.05) is 60.3 Å². The third-order valence-electron chi connectivity index (χ3n) is 4.00. The second-order valence-electron chi connectivity index (χ2n) is 5.62. The topological polar surface area (TPSA) is 70.7 Å². The summed E-state index contributed by atoms with van der Waals surface area (Å²) in [6, 6.07) is 17.8. The number of amides is 1. The fourth-order valence-electron chi connectivity index (χ4n) is 2.76. The van der Waals surface area contributed by atoms with Crippen molar-refractivity contribution in [1.82, 2.24) is 15.2 Å². The summed E-state index contributed by atoms with van der Waals surface area (Å²) in [5, 5.41) is 10.6. The van der Waals surface area contributed by atoms with Crippen molar-refractivity contribution in [2.75, 3.05) is 5.32 Å². The number of fused-ring (bicyclic) bond motifs is 1. The predicted octanol–water partition coefficient (Wildman–Crippen LogP) is 3.52. The third kappa shape index (κ3) is 3.05. The molecule has 0 radical (unpaired) electrons. The first-order valence-corrected chi connectivity index (χ1v) is 8.71. The van der Waals surface area contributed by atoms with Crippen LogP contribution in [0.1, 0.15) is 12.0 Å². The second kappa shape index (κ2) is 6.49. The van der Waals surface area contributed by atoms with E-state index in [0.717, 1.165) is 29.9 Å². The molecule has 1 aromatic heterocycles. The molecule has 0 unspecified atom stereocenters. The summed E-state index contributed by atoms with van der Waals surface area (Å²) in [6.45, 7) is 0. The van der Waals surface area contributed by atoms with Crippen LogP contribution in [0.25, 0.3) is 11.4 Å². The van der Waals surface area contributed by atoms with E-state index in [1.165, 1.54) is 17.3 Å². The van der Waals surface area contributed by atoms with Crippen LogP contribution in [0.4, 0.5) is 5.69 Å². The summed E-state index contributed by atoms with van der Waals surface area (Å²) in [7, 11) is 0. The Kier molecular flexibility index (Phi) is 4.04. The molecule has 24 heavy (non-hydrogen) atoms. The van der Waals surface area contributed by atoms with E-state index >= 15 is 0 Å². The Morgan fingerprint density at radius 2 is 1.83 bits per heavy atom. The number of carbonyl (C=O) groups excluding carboxylic acids is 1. The number of anilines is 1. The minimum atomic E-state index is -0.197. The molecule has 2 heterocycles. The number of rotatable bonds is 3. The van der Waals surface area contributed by atoms with Gasteiger partial charge in [0.25, 0.3) is 0 Å². The maximum atomic E-state index is 12.5. The van der Waals surface area contributed by atoms with Crippen LogP contribution in [0.15, 0.2) is 59.8 Å². The van der Waals surface area contributed by atoms with E-state index in [1.54, 1.807) is 0 Å². The second-order valence-corrected chi connectivity index (χ2v) is 6.79. The number of aryl methyl sites for hydroxylation is 1. The van der Waals surface area contributed by atoms with E-state index in [4.69, 9.17) is 0 Å². The van der Waals surface area contributed by atoms with E-state index in [9.17, 15) is 4.79 Å². The lowest BCUT2D eigenvalue weighted by molar-refractivity contribution is -0.115. The molecular weight excluding hydrogens is 320 g/mol. The quantitative estimate of drug-likeness (QED) is 0.768. The average molecular weight is 336 g/mol. The van der Waals surface area contributed by atoms with Gasteiger partial charge in [-0.25, -0.2) is 4.98 Å². The SMILES string of the molecule is O=C1Nc2ccccc2CC[C@@H]1Sc1n[nH]c(-c2ccccc2)n1. The summed E-state index contributed by atoms with van der Waals surface area (Å²) < 4.78 is 0. The van der Waals surface area contributed by atoms with Crippen molar-refractivity contribution in [3.05, 3.63) is 60.2 Å². The molecule has 0 bridgehead atoms. The molecule has 0 spiro atoms. The number of hydrogen-bond donors (Lipinski definition) is 2. The molecule has 1 aliphatic rings. The number of H-pyrrole nitrogens is 1. The Morgan fingerprint density at radius 1 is 1.04 bits per heavy atom. The number of nitrogens with zero attached hydrogens (tertiary/aromatic N) is 2. The molecule has 0 saturated carbocycles. The first kappa shape index (κ1) is 15.0. The number of aromatic amines is 1. The van der Waals surface area contributed by atoms with Gasteiger partial charge in [0.1, 0.15) is 0 Å². The van der Waals surface area contributed by atoms with Crippen LogP contribution < -0.4 is 5.32 Å². The highest BCUT2D eigenvalue weighted by atomic mass is 32.2. The van der Waals surface area contributed by atoms with Gasteiger partial charge in [-0.15, -0.1) is 5.10 Å².